The molecule has 0 aliphatic carbocycles. The summed E-state index contributed by atoms with van der Waals surface area (Å²) in [7, 11) is 0. The van der Waals surface area contributed by atoms with E-state index in [9.17, 15) is 14.7 Å². The van der Waals surface area contributed by atoms with Crippen molar-refractivity contribution >= 4 is 11.8 Å². The van der Waals surface area contributed by atoms with Crippen LogP contribution in [-0.4, -0.2) is 41.0 Å². The number of hydrogen-bond donors (Lipinski definition) is 2. The zero-order valence-corrected chi connectivity index (χ0v) is 13.2. The molecule has 1 aromatic rings. The smallest absolute Gasteiger partial charge is 0.225 e. The van der Waals surface area contributed by atoms with Crippen LogP contribution in [0.1, 0.15) is 25.8 Å². The van der Waals surface area contributed by atoms with Gasteiger partial charge in [-0.25, -0.2) is 0 Å². The monoisotopic (exact) mass is 304 g/mol. The number of amides is 2. The van der Waals surface area contributed by atoms with Gasteiger partial charge in [-0.05, 0) is 11.5 Å². The molecule has 1 saturated heterocycles. The van der Waals surface area contributed by atoms with Crippen molar-refractivity contribution in [3.8, 4) is 0 Å². The molecule has 2 amide bonds. The highest BCUT2D eigenvalue weighted by Crippen LogP contribution is 2.20. The summed E-state index contributed by atoms with van der Waals surface area (Å²) in [5.41, 5.74) is 1.06. The Morgan fingerprint density at radius 3 is 2.64 bits per heavy atom. The maximum atomic E-state index is 12.3. The van der Waals surface area contributed by atoms with Gasteiger partial charge in [-0.2, -0.15) is 0 Å². The molecule has 1 aromatic carbocycles. The van der Waals surface area contributed by atoms with E-state index in [4.69, 9.17) is 0 Å². The molecule has 1 heterocycles. The number of nitrogens with one attached hydrogen (secondary N) is 1. The summed E-state index contributed by atoms with van der Waals surface area (Å²) in [5.74, 6) is -0.304. The molecular formula is C17H24N2O3. The van der Waals surface area contributed by atoms with Crippen LogP contribution in [0.2, 0.25) is 0 Å². The first-order valence-corrected chi connectivity index (χ1v) is 7.74. The van der Waals surface area contributed by atoms with E-state index < -0.39 is 0 Å². The lowest BCUT2D eigenvalue weighted by molar-refractivity contribution is -0.129. The van der Waals surface area contributed by atoms with Crippen molar-refractivity contribution in [1.29, 1.82) is 0 Å². The second-order valence-corrected chi connectivity index (χ2v) is 6.20. The highest BCUT2D eigenvalue weighted by molar-refractivity contribution is 5.89. The molecular weight excluding hydrogens is 280 g/mol. The fourth-order valence-electron chi connectivity index (χ4n) is 2.63. The first-order valence-electron chi connectivity index (χ1n) is 7.74. The number of carbonyl (C=O) groups excluding carboxylic acids is 2. The van der Waals surface area contributed by atoms with Crippen molar-refractivity contribution in [3.63, 3.8) is 0 Å². The highest BCUT2D eigenvalue weighted by atomic mass is 16.3. The minimum Gasteiger partial charge on any atom is -0.394 e. The van der Waals surface area contributed by atoms with Crippen LogP contribution in [0.15, 0.2) is 30.3 Å². The van der Waals surface area contributed by atoms with E-state index in [-0.39, 0.29) is 42.7 Å². The van der Waals surface area contributed by atoms with Crippen LogP contribution in [0.3, 0.4) is 0 Å². The first-order chi connectivity index (χ1) is 10.5. The topological polar surface area (TPSA) is 69.6 Å². The molecule has 120 valence electrons. The third kappa shape index (κ3) is 4.07. The number of hydrogen-bond acceptors (Lipinski definition) is 3. The lowest BCUT2D eigenvalue weighted by Crippen LogP contribution is -2.44. The zero-order valence-electron chi connectivity index (χ0n) is 13.2. The van der Waals surface area contributed by atoms with E-state index in [1.165, 1.54) is 0 Å². The van der Waals surface area contributed by atoms with Gasteiger partial charge in [-0.15, -0.1) is 0 Å². The largest absolute Gasteiger partial charge is 0.394 e. The Hall–Kier alpha value is -1.88. The standard InChI is InChI=1S/C17H24N2O3/c1-12(2)15(11-20)18-17(22)14-8-16(21)19(10-14)9-13-6-4-3-5-7-13/h3-7,12,14-15,20H,8-11H2,1-2H3,(H,18,22)/t14-,15-/m0/s1. The van der Waals surface area contributed by atoms with Gasteiger partial charge < -0.3 is 15.3 Å². The van der Waals surface area contributed by atoms with E-state index >= 15 is 0 Å². The van der Waals surface area contributed by atoms with Crippen molar-refractivity contribution in [2.75, 3.05) is 13.2 Å². The molecule has 0 radical (unpaired) electrons. The number of aliphatic hydroxyl groups excluding tert-OH is 1. The average molecular weight is 304 g/mol. The number of nitrogens with zero attached hydrogens (tertiary/aromatic N) is 1. The maximum absolute atomic E-state index is 12.3. The minimum atomic E-state index is -0.330. The Morgan fingerprint density at radius 2 is 2.05 bits per heavy atom. The lowest BCUT2D eigenvalue weighted by atomic mass is 10.0. The van der Waals surface area contributed by atoms with Crippen LogP contribution in [0.25, 0.3) is 0 Å². The molecule has 2 atom stereocenters. The average Bonchev–Trinajstić information content (AvgIpc) is 2.86. The molecule has 0 saturated carbocycles. The molecule has 5 heteroatoms. The number of carbonyl (C=O) groups is 2. The van der Waals surface area contributed by atoms with Gasteiger partial charge in [-0.1, -0.05) is 44.2 Å². The quantitative estimate of drug-likeness (QED) is 0.829. The van der Waals surface area contributed by atoms with Gasteiger partial charge in [0.05, 0.1) is 18.6 Å². The molecule has 0 spiro atoms. The summed E-state index contributed by atoms with van der Waals surface area (Å²) < 4.78 is 0. The van der Waals surface area contributed by atoms with Gasteiger partial charge in [0.25, 0.3) is 0 Å². The summed E-state index contributed by atoms with van der Waals surface area (Å²) >= 11 is 0. The zero-order chi connectivity index (χ0) is 16.1. The van der Waals surface area contributed by atoms with Crippen LogP contribution < -0.4 is 5.32 Å². The van der Waals surface area contributed by atoms with Crippen molar-refractivity contribution in [2.24, 2.45) is 11.8 Å². The number of benzene rings is 1. The van der Waals surface area contributed by atoms with E-state index in [1.807, 2.05) is 44.2 Å². The second kappa shape index (κ2) is 7.40. The predicted octanol–water partition coefficient (Wildman–Crippen LogP) is 1.17. The van der Waals surface area contributed by atoms with E-state index in [2.05, 4.69) is 5.32 Å². The molecule has 5 nitrogen and oxygen atoms in total. The lowest BCUT2D eigenvalue weighted by Gasteiger charge is -2.22. The third-order valence-corrected chi connectivity index (χ3v) is 4.13. The van der Waals surface area contributed by atoms with Crippen molar-refractivity contribution in [1.82, 2.24) is 10.2 Å². The SMILES string of the molecule is CC(C)[C@H](CO)NC(=O)[C@H]1CC(=O)N(Cc2ccccc2)C1. The molecule has 0 aromatic heterocycles. The first kappa shape index (κ1) is 16.5. The Bertz CT molecular complexity index is 516. The molecule has 1 aliphatic heterocycles. The normalized spacial score (nSPS) is 19.5. The van der Waals surface area contributed by atoms with Gasteiger partial charge in [0.1, 0.15) is 0 Å². The molecule has 22 heavy (non-hydrogen) atoms. The van der Waals surface area contributed by atoms with Crippen molar-refractivity contribution in [3.05, 3.63) is 35.9 Å². The van der Waals surface area contributed by atoms with Gasteiger partial charge in [0, 0.05) is 19.5 Å². The maximum Gasteiger partial charge on any atom is 0.225 e. The highest BCUT2D eigenvalue weighted by Gasteiger charge is 2.35. The Balaban J connectivity index is 1.92. The van der Waals surface area contributed by atoms with Crippen LogP contribution in [0.5, 0.6) is 0 Å². The molecule has 1 fully saturated rings. The second-order valence-electron chi connectivity index (χ2n) is 6.20. The number of aliphatic hydroxyl groups is 1. The Kier molecular flexibility index (Phi) is 5.55. The van der Waals surface area contributed by atoms with Crippen molar-refractivity contribution in [2.45, 2.75) is 32.9 Å². The summed E-state index contributed by atoms with van der Waals surface area (Å²) in [6, 6.07) is 9.50. The van der Waals surface area contributed by atoms with Crippen LogP contribution in [-0.2, 0) is 16.1 Å². The summed E-state index contributed by atoms with van der Waals surface area (Å²) in [6.07, 6.45) is 0.245. The Labute approximate surface area is 131 Å². The third-order valence-electron chi connectivity index (χ3n) is 4.13. The summed E-state index contributed by atoms with van der Waals surface area (Å²) in [4.78, 5) is 26.1. The van der Waals surface area contributed by atoms with Crippen LogP contribution in [0.4, 0.5) is 0 Å². The van der Waals surface area contributed by atoms with Gasteiger partial charge in [0.2, 0.25) is 11.8 Å². The minimum absolute atomic E-state index is 0.00842. The van der Waals surface area contributed by atoms with Gasteiger partial charge >= 0.3 is 0 Å². The van der Waals surface area contributed by atoms with Gasteiger partial charge in [-0.3, -0.25) is 9.59 Å². The van der Waals surface area contributed by atoms with E-state index in [1.54, 1.807) is 4.90 Å². The van der Waals surface area contributed by atoms with E-state index in [0.29, 0.717) is 13.1 Å². The van der Waals surface area contributed by atoms with E-state index in [0.717, 1.165) is 5.56 Å². The number of rotatable bonds is 6. The fourth-order valence-corrected chi connectivity index (χ4v) is 2.63. The van der Waals surface area contributed by atoms with Crippen molar-refractivity contribution < 1.29 is 14.7 Å². The van der Waals surface area contributed by atoms with Crippen LogP contribution >= 0.6 is 0 Å². The summed E-state index contributed by atoms with van der Waals surface area (Å²) in [6.45, 7) is 4.79. The van der Waals surface area contributed by atoms with Crippen LogP contribution in [0, 0.1) is 11.8 Å². The predicted molar refractivity (Wildman–Crippen MR) is 83.8 cm³/mol. The fraction of sp³-hybridized carbons (Fsp3) is 0.529. The Morgan fingerprint density at radius 1 is 1.36 bits per heavy atom. The molecule has 2 rings (SSSR count). The molecule has 2 N–H and O–H groups in total. The number of likely N-dealkylation sites (tertiary alicyclic amines) is 1. The summed E-state index contributed by atoms with van der Waals surface area (Å²) in [5, 5.41) is 12.1. The van der Waals surface area contributed by atoms with Gasteiger partial charge in [0.15, 0.2) is 0 Å². The molecule has 0 bridgehead atoms. The molecule has 0 unspecified atom stereocenters. The molecule has 1 aliphatic rings.